The molecule has 0 bridgehead atoms. The topological polar surface area (TPSA) is 145 Å². The minimum atomic E-state index is -4.20. The van der Waals surface area contributed by atoms with E-state index in [1.807, 2.05) is 4.72 Å². The summed E-state index contributed by atoms with van der Waals surface area (Å²) in [5.74, 6) is 2.26. The molecular weight excluding hydrogens is 368 g/mol. The van der Waals surface area contributed by atoms with Gasteiger partial charge in [0.05, 0.1) is 21.8 Å². The number of nitrogens with zero attached hydrogens (tertiary/aromatic N) is 1. The Hall–Kier alpha value is -2.76. The Labute approximate surface area is 148 Å². The fourth-order valence-electron chi connectivity index (χ4n) is 2.10. The van der Waals surface area contributed by atoms with Crippen LogP contribution in [-0.4, -0.2) is 27.4 Å². The highest BCUT2D eigenvalue weighted by molar-refractivity contribution is 7.92. The van der Waals surface area contributed by atoms with Crippen molar-refractivity contribution in [2.75, 3.05) is 22.8 Å². The molecule has 0 fully saturated rings. The first-order valence-electron chi connectivity index (χ1n) is 7.29. The van der Waals surface area contributed by atoms with Gasteiger partial charge in [-0.15, -0.1) is 0 Å². The number of benzene rings is 2. The molecule has 2 rings (SSSR count). The average Bonchev–Trinajstić information content (AvgIpc) is 2.57. The van der Waals surface area contributed by atoms with Crippen LogP contribution in [0.5, 0.6) is 0 Å². The van der Waals surface area contributed by atoms with E-state index in [2.05, 4.69) is 0 Å². The number of sulfonamides is 1. The number of anilines is 2. The van der Waals surface area contributed by atoms with E-state index in [9.17, 15) is 22.0 Å². The van der Waals surface area contributed by atoms with Crippen molar-refractivity contribution in [3.63, 3.8) is 0 Å². The summed E-state index contributed by atoms with van der Waals surface area (Å²) in [4.78, 5) is 10.8. The maximum Gasteiger partial charge on any atom is 0.261 e. The molecule has 1 amide bonds. The molecule has 0 aromatic heterocycles. The summed E-state index contributed by atoms with van der Waals surface area (Å²) in [7, 11) is -4.20. The second-order valence-electron chi connectivity index (χ2n) is 5.26. The number of hydrogen-bond acceptors (Lipinski definition) is 6. The van der Waals surface area contributed by atoms with E-state index < -0.39 is 38.8 Å². The molecule has 0 radical (unpaired) electrons. The van der Waals surface area contributed by atoms with Gasteiger partial charge in [0.25, 0.3) is 15.9 Å². The van der Waals surface area contributed by atoms with Crippen LogP contribution >= 0.6 is 0 Å². The molecule has 26 heavy (non-hydrogen) atoms. The van der Waals surface area contributed by atoms with Crippen molar-refractivity contribution in [2.24, 2.45) is 17.3 Å². The molecule has 8 nitrogen and oxygen atoms in total. The predicted molar refractivity (Wildman–Crippen MR) is 92.7 cm³/mol. The summed E-state index contributed by atoms with van der Waals surface area (Å²) in [6.07, 6.45) is 0. The molecular formula is C15H17F2N5O3S. The van der Waals surface area contributed by atoms with E-state index in [0.717, 1.165) is 0 Å². The van der Waals surface area contributed by atoms with Crippen molar-refractivity contribution in [1.82, 2.24) is 0 Å². The van der Waals surface area contributed by atoms with Crippen molar-refractivity contribution in [2.45, 2.75) is 4.90 Å². The minimum Gasteiger partial charge on any atom is -0.366 e. The Balaban J connectivity index is 2.29. The van der Waals surface area contributed by atoms with Gasteiger partial charge in [-0.3, -0.25) is 9.52 Å². The normalized spacial score (nSPS) is 11.2. The molecule has 0 spiro atoms. The van der Waals surface area contributed by atoms with Crippen LogP contribution in [-0.2, 0) is 10.0 Å². The highest BCUT2D eigenvalue weighted by atomic mass is 32.2. The quantitative estimate of drug-likeness (QED) is 0.403. The Morgan fingerprint density at radius 2 is 1.73 bits per heavy atom. The van der Waals surface area contributed by atoms with Crippen molar-refractivity contribution >= 4 is 27.3 Å². The second-order valence-corrected chi connectivity index (χ2v) is 6.94. The lowest BCUT2D eigenvalue weighted by atomic mass is 10.2. The smallest absolute Gasteiger partial charge is 0.261 e. The first-order valence-corrected chi connectivity index (χ1v) is 8.78. The van der Waals surface area contributed by atoms with Gasteiger partial charge in [0.15, 0.2) is 0 Å². The van der Waals surface area contributed by atoms with E-state index in [1.54, 1.807) is 0 Å². The van der Waals surface area contributed by atoms with Gasteiger partial charge in [-0.25, -0.2) is 23.0 Å². The third-order valence-electron chi connectivity index (χ3n) is 3.42. The Bertz CT molecular complexity index is 920. The van der Waals surface area contributed by atoms with Crippen LogP contribution in [0.15, 0.2) is 41.3 Å². The van der Waals surface area contributed by atoms with Gasteiger partial charge in [0.2, 0.25) is 0 Å². The monoisotopic (exact) mass is 385 g/mol. The Morgan fingerprint density at radius 1 is 1.12 bits per heavy atom. The van der Waals surface area contributed by atoms with Gasteiger partial charge in [0.1, 0.15) is 11.6 Å². The van der Waals surface area contributed by atoms with Gasteiger partial charge >= 0.3 is 0 Å². The minimum absolute atomic E-state index is 0.193. The van der Waals surface area contributed by atoms with E-state index >= 15 is 0 Å². The summed E-state index contributed by atoms with van der Waals surface area (Å²) in [5.41, 5.74) is 9.48. The fraction of sp³-hybridized carbons (Fsp3) is 0.133. The highest BCUT2D eigenvalue weighted by Crippen LogP contribution is 2.23. The molecule has 0 unspecified atom stereocenters. The van der Waals surface area contributed by atoms with E-state index in [-0.39, 0.29) is 4.90 Å². The Kier molecular flexibility index (Phi) is 5.75. The number of amides is 1. The lowest BCUT2D eigenvalue weighted by molar-refractivity contribution is 0.0996. The maximum atomic E-state index is 14.0. The van der Waals surface area contributed by atoms with E-state index in [0.29, 0.717) is 30.9 Å². The maximum absolute atomic E-state index is 14.0. The summed E-state index contributed by atoms with van der Waals surface area (Å²) >= 11 is 0. The molecule has 0 aliphatic heterocycles. The second kappa shape index (κ2) is 7.64. The zero-order chi connectivity index (χ0) is 19.5. The van der Waals surface area contributed by atoms with Crippen LogP contribution in [0.2, 0.25) is 0 Å². The van der Waals surface area contributed by atoms with Crippen LogP contribution in [0.25, 0.3) is 0 Å². The third kappa shape index (κ3) is 4.25. The molecule has 0 saturated carbocycles. The summed E-state index contributed by atoms with van der Waals surface area (Å²) in [6.45, 7) is 0.672. The number of primary amides is 1. The van der Waals surface area contributed by atoms with Gasteiger partial charge in [-0.05, 0) is 30.3 Å². The number of carbonyl (C=O) groups excluding carboxylic acids is 1. The molecule has 0 atom stereocenters. The first kappa shape index (κ1) is 19.6. The van der Waals surface area contributed by atoms with Gasteiger partial charge < -0.3 is 16.5 Å². The molecule has 2 aromatic carbocycles. The number of nitrogens with one attached hydrogen (secondary N) is 1. The molecule has 140 valence electrons. The van der Waals surface area contributed by atoms with Crippen molar-refractivity contribution in [3.8, 4) is 0 Å². The first-order chi connectivity index (χ1) is 12.2. The Morgan fingerprint density at radius 3 is 2.27 bits per heavy atom. The van der Waals surface area contributed by atoms with Gasteiger partial charge in [0, 0.05) is 19.2 Å². The molecule has 2 aromatic rings. The molecule has 7 N–H and O–H groups in total. The molecule has 0 saturated heterocycles. The predicted octanol–water partition coefficient (Wildman–Crippen LogP) is 0.503. The summed E-state index contributed by atoms with van der Waals surface area (Å²) < 4.78 is 54.3. The number of hydrazine groups is 1. The van der Waals surface area contributed by atoms with Crippen LogP contribution < -0.4 is 27.0 Å². The van der Waals surface area contributed by atoms with Crippen LogP contribution in [0, 0.1) is 11.6 Å². The van der Waals surface area contributed by atoms with Crippen LogP contribution in [0.4, 0.5) is 20.2 Å². The zero-order valence-corrected chi connectivity index (χ0v) is 14.3. The van der Waals surface area contributed by atoms with Crippen molar-refractivity contribution in [1.29, 1.82) is 0 Å². The van der Waals surface area contributed by atoms with E-state index in [4.69, 9.17) is 17.3 Å². The number of carbonyl (C=O) groups is 1. The van der Waals surface area contributed by atoms with Crippen molar-refractivity contribution in [3.05, 3.63) is 53.6 Å². The number of rotatable bonds is 7. The zero-order valence-electron chi connectivity index (χ0n) is 13.4. The average molecular weight is 385 g/mol. The fourth-order valence-corrected chi connectivity index (χ4v) is 3.16. The van der Waals surface area contributed by atoms with Crippen molar-refractivity contribution < 1.29 is 22.0 Å². The third-order valence-corrected chi connectivity index (χ3v) is 4.80. The summed E-state index contributed by atoms with van der Waals surface area (Å²) in [6, 6.07) is 6.46. The highest BCUT2D eigenvalue weighted by Gasteiger charge is 2.20. The van der Waals surface area contributed by atoms with Crippen LogP contribution in [0.3, 0.4) is 0 Å². The number of nitrogens with two attached hydrogens (primary N) is 3. The van der Waals surface area contributed by atoms with Gasteiger partial charge in [-0.1, -0.05) is 0 Å². The molecule has 0 aliphatic carbocycles. The molecule has 11 heteroatoms. The standard InChI is InChI=1S/C15H17F2N5O3S/c16-12-8-14(13(17)7-11(12)15(19)23)21-26(24,25)10-3-1-9(2-4-10)22(20)6-5-18/h1-4,7-8,21H,5-6,18,20H2,(H2,19,23). The van der Waals surface area contributed by atoms with Gasteiger partial charge in [-0.2, -0.15) is 0 Å². The number of hydrogen-bond donors (Lipinski definition) is 4. The largest absolute Gasteiger partial charge is 0.366 e. The SMILES string of the molecule is NCCN(N)c1ccc(S(=O)(=O)Nc2cc(F)c(C(N)=O)cc2F)cc1. The van der Waals surface area contributed by atoms with E-state index in [1.165, 1.54) is 29.3 Å². The molecule has 0 aliphatic rings. The lowest BCUT2D eigenvalue weighted by Crippen LogP contribution is -2.35. The number of halogens is 2. The summed E-state index contributed by atoms with van der Waals surface area (Å²) in [5, 5.41) is 1.33. The van der Waals surface area contributed by atoms with Crippen LogP contribution in [0.1, 0.15) is 10.4 Å². The lowest BCUT2D eigenvalue weighted by Gasteiger charge is -2.18. The molecule has 0 heterocycles.